The van der Waals surface area contributed by atoms with Crippen LogP contribution in [0.25, 0.3) is 11.4 Å². The second kappa shape index (κ2) is 13.6. The van der Waals surface area contributed by atoms with Gasteiger partial charge >= 0.3 is 0 Å². The van der Waals surface area contributed by atoms with E-state index in [-0.39, 0.29) is 24.4 Å². The van der Waals surface area contributed by atoms with Crippen molar-refractivity contribution in [2.45, 2.75) is 51.0 Å². The van der Waals surface area contributed by atoms with E-state index in [4.69, 9.17) is 16.1 Å². The lowest BCUT2D eigenvalue weighted by molar-refractivity contribution is -0.143. The number of aromatic nitrogens is 2. The monoisotopic (exact) mass is 570 g/mol. The number of piperidine rings is 1. The first-order chi connectivity index (χ1) is 20.0. The third-order valence-electron chi connectivity index (χ3n) is 7.56. The van der Waals surface area contributed by atoms with Gasteiger partial charge < -0.3 is 14.3 Å². The highest BCUT2D eigenvalue weighted by Crippen LogP contribution is 2.32. The number of hydrogen-bond donors (Lipinski definition) is 0. The molecule has 7 nitrogen and oxygen atoms in total. The fourth-order valence-electron chi connectivity index (χ4n) is 5.42. The topological polar surface area (TPSA) is 79.5 Å². The number of benzene rings is 3. The number of hydrogen-bond acceptors (Lipinski definition) is 5. The number of halogens is 1. The van der Waals surface area contributed by atoms with Gasteiger partial charge in [-0.3, -0.25) is 9.59 Å². The van der Waals surface area contributed by atoms with Gasteiger partial charge in [-0.05, 0) is 48.9 Å². The summed E-state index contributed by atoms with van der Waals surface area (Å²) in [5.41, 5.74) is 2.58. The van der Waals surface area contributed by atoms with Gasteiger partial charge in [0.2, 0.25) is 23.5 Å². The van der Waals surface area contributed by atoms with Crippen LogP contribution in [-0.2, 0) is 9.59 Å². The average molecular weight is 571 g/mol. The number of rotatable bonds is 10. The maximum atomic E-state index is 14.2. The maximum Gasteiger partial charge on any atom is 0.249 e. The maximum absolute atomic E-state index is 14.2. The summed E-state index contributed by atoms with van der Waals surface area (Å²) in [5.74, 6) is 0.176. The lowest BCUT2D eigenvalue weighted by atomic mass is 9.90. The summed E-state index contributed by atoms with van der Waals surface area (Å²) >= 11 is 6.15. The van der Waals surface area contributed by atoms with Crippen molar-refractivity contribution in [1.29, 1.82) is 0 Å². The Balaban J connectivity index is 1.39. The van der Waals surface area contributed by atoms with Crippen LogP contribution < -0.4 is 0 Å². The van der Waals surface area contributed by atoms with Crippen LogP contribution in [0.2, 0.25) is 5.02 Å². The van der Waals surface area contributed by atoms with E-state index in [0.29, 0.717) is 29.8 Å². The van der Waals surface area contributed by atoms with Gasteiger partial charge in [-0.15, -0.1) is 0 Å². The fourth-order valence-corrected chi connectivity index (χ4v) is 5.61. The highest BCUT2D eigenvalue weighted by molar-refractivity contribution is 6.30. The molecule has 1 unspecified atom stereocenters. The summed E-state index contributed by atoms with van der Waals surface area (Å²) in [6.45, 7) is 3.18. The van der Waals surface area contributed by atoms with E-state index >= 15 is 0 Å². The van der Waals surface area contributed by atoms with E-state index in [1.54, 1.807) is 17.0 Å². The van der Waals surface area contributed by atoms with Crippen molar-refractivity contribution in [1.82, 2.24) is 19.9 Å². The number of unbranched alkanes of at least 4 members (excludes halogenated alkanes) is 1. The van der Waals surface area contributed by atoms with Crippen molar-refractivity contribution >= 4 is 23.4 Å². The number of carbonyl (C=O) groups excluding carboxylic acids is 2. The number of likely N-dealkylation sites (tertiary alicyclic amines) is 1. The third-order valence-corrected chi connectivity index (χ3v) is 7.80. The minimum absolute atomic E-state index is 0.000782. The quantitative estimate of drug-likeness (QED) is 0.207. The molecule has 1 atom stereocenters. The molecular weight excluding hydrogens is 536 g/mol. The van der Waals surface area contributed by atoms with Crippen LogP contribution in [0, 0.1) is 0 Å². The van der Waals surface area contributed by atoms with Gasteiger partial charge in [0.25, 0.3) is 0 Å². The molecule has 0 aliphatic carbocycles. The number of amides is 2. The first kappa shape index (κ1) is 28.6. The lowest BCUT2D eigenvalue weighted by Crippen LogP contribution is -2.47. The minimum atomic E-state index is -0.490. The molecule has 0 spiro atoms. The molecule has 2 heterocycles. The van der Waals surface area contributed by atoms with Crippen molar-refractivity contribution in [3.63, 3.8) is 0 Å². The molecule has 0 radical (unpaired) electrons. The first-order valence-corrected chi connectivity index (χ1v) is 14.7. The second-order valence-electron chi connectivity index (χ2n) is 10.4. The summed E-state index contributed by atoms with van der Waals surface area (Å²) in [6, 6.07) is 26.5. The molecule has 4 aromatic rings. The third kappa shape index (κ3) is 6.85. The second-order valence-corrected chi connectivity index (χ2v) is 10.9. The zero-order chi connectivity index (χ0) is 28.6. The Hall–Kier alpha value is -3.97. The van der Waals surface area contributed by atoms with Crippen molar-refractivity contribution in [3.05, 3.63) is 107 Å². The van der Waals surface area contributed by atoms with Crippen LogP contribution in [0.5, 0.6) is 0 Å². The molecule has 0 N–H and O–H groups in total. The zero-order valence-corrected chi connectivity index (χ0v) is 24.0. The highest BCUT2D eigenvalue weighted by atomic mass is 35.5. The normalized spacial score (nSPS) is 15.2. The largest absolute Gasteiger partial charge is 0.337 e. The average Bonchev–Trinajstić information content (AvgIpc) is 3.51. The van der Waals surface area contributed by atoms with Crippen molar-refractivity contribution in [2.75, 3.05) is 19.6 Å². The van der Waals surface area contributed by atoms with Crippen LogP contribution in [0.15, 0.2) is 89.5 Å². The SMILES string of the molecule is CCCCN(CC(=O)N1CCCCC1c1nc(-c2cccc(Cl)c2)no1)C(=O)C(c1ccccc1)c1ccccc1. The van der Waals surface area contributed by atoms with Crippen molar-refractivity contribution in [3.8, 4) is 11.4 Å². The Bertz CT molecular complexity index is 1400. The standard InChI is InChI=1S/C33H35ClN4O3/c1-2-3-20-37(33(40)30(24-13-6-4-7-14-24)25-15-8-5-9-16-25)23-29(39)38-21-11-10-19-28(38)32-35-31(36-41-32)26-17-12-18-27(34)22-26/h4-9,12-18,22,28,30H,2-3,10-11,19-21,23H2,1H3. The molecule has 0 bridgehead atoms. The van der Waals surface area contributed by atoms with Gasteiger partial charge in [-0.1, -0.05) is 103 Å². The molecule has 1 saturated heterocycles. The first-order valence-electron chi connectivity index (χ1n) is 14.3. The van der Waals surface area contributed by atoms with Crippen LogP contribution in [-0.4, -0.2) is 51.4 Å². The molecule has 2 amide bonds. The van der Waals surface area contributed by atoms with Crippen LogP contribution in [0.3, 0.4) is 0 Å². The van der Waals surface area contributed by atoms with Gasteiger partial charge in [-0.2, -0.15) is 4.98 Å². The molecule has 5 rings (SSSR count). The molecule has 1 aromatic heterocycles. The Kier molecular flexibility index (Phi) is 9.47. The van der Waals surface area contributed by atoms with E-state index in [1.165, 1.54) is 0 Å². The van der Waals surface area contributed by atoms with E-state index < -0.39 is 5.92 Å². The van der Waals surface area contributed by atoms with Gasteiger partial charge in [0, 0.05) is 23.7 Å². The van der Waals surface area contributed by atoms with E-state index in [0.717, 1.165) is 48.8 Å². The predicted molar refractivity (Wildman–Crippen MR) is 159 cm³/mol. The van der Waals surface area contributed by atoms with E-state index in [2.05, 4.69) is 17.1 Å². The van der Waals surface area contributed by atoms with Crippen LogP contribution in [0.4, 0.5) is 0 Å². The number of nitrogens with zero attached hydrogens (tertiary/aromatic N) is 4. The number of carbonyl (C=O) groups is 2. The minimum Gasteiger partial charge on any atom is -0.337 e. The molecule has 0 saturated carbocycles. The Morgan fingerprint density at radius 1 is 1.00 bits per heavy atom. The lowest BCUT2D eigenvalue weighted by Gasteiger charge is -2.36. The van der Waals surface area contributed by atoms with Gasteiger partial charge in [0.15, 0.2) is 0 Å². The molecule has 41 heavy (non-hydrogen) atoms. The van der Waals surface area contributed by atoms with Crippen LogP contribution >= 0.6 is 11.6 Å². The highest BCUT2D eigenvalue weighted by Gasteiger charge is 2.35. The van der Waals surface area contributed by atoms with E-state index in [1.807, 2.05) is 77.7 Å². The molecule has 3 aromatic carbocycles. The fraction of sp³-hybridized carbons (Fsp3) is 0.333. The Morgan fingerprint density at radius 2 is 1.71 bits per heavy atom. The van der Waals surface area contributed by atoms with Crippen molar-refractivity contribution < 1.29 is 14.1 Å². The molecule has 1 aliphatic heterocycles. The van der Waals surface area contributed by atoms with Gasteiger partial charge in [0.05, 0.1) is 12.5 Å². The Morgan fingerprint density at radius 3 is 2.37 bits per heavy atom. The molecule has 8 heteroatoms. The zero-order valence-electron chi connectivity index (χ0n) is 23.3. The predicted octanol–water partition coefficient (Wildman–Crippen LogP) is 6.90. The van der Waals surface area contributed by atoms with Gasteiger partial charge in [-0.25, -0.2) is 0 Å². The molecule has 1 fully saturated rings. The van der Waals surface area contributed by atoms with Gasteiger partial charge in [0.1, 0.15) is 6.04 Å². The smallest absolute Gasteiger partial charge is 0.249 e. The summed E-state index contributed by atoms with van der Waals surface area (Å²) in [4.78, 5) is 36.3. The van der Waals surface area contributed by atoms with Crippen molar-refractivity contribution in [2.24, 2.45) is 0 Å². The van der Waals surface area contributed by atoms with Crippen LogP contribution in [0.1, 0.15) is 68.0 Å². The summed E-state index contributed by atoms with van der Waals surface area (Å²) < 4.78 is 5.67. The molecular formula is C33H35ClN4O3. The molecule has 212 valence electrons. The summed E-state index contributed by atoms with van der Waals surface area (Å²) in [7, 11) is 0. The molecule has 1 aliphatic rings. The Labute approximate surface area is 246 Å². The summed E-state index contributed by atoms with van der Waals surface area (Å²) in [6.07, 6.45) is 4.29. The summed E-state index contributed by atoms with van der Waals surface area (Å²) in [5, 5.41) is 4.76. The van der Waals surface area contributed by atoms with E-state index in [9.17, 15) is 9.59 Å².